The summed E-state index contributed by atoms with van der Waals surface area (Å²) in [6.07, 6.45) is -2.34. The largest absolute Gasteiger partial charge is 0.504 e. The number of fused-ring (bicyclic) bond motifs is 4. The van der Waals surface area contributed by atoms with Gasteiger partial charge >= 0.3 is 6.18 Å². The molecule has 10 nitrogen and oxygen atoms in total. The van der Waals surface area contributed by atoms with Crippen molar-refractivity contribution in [3.63, 3.8) is 0 Å². The lowest BCUT2D eigenvalue weighted by atomic mass is 9.49. The van der Waals surface area contributed by atoms with Crippen molar-refractivity contribution in [3.8, 4) is 11.5 Å². The predicted molar refractivity (Wildman–Crippen MR) is 200 cm³/mol. The van der Waals surface area contributed by atoms with Crippen LogP contribution in [-0.2, 0) is 30.8 Å². The van der Waals surface area contributed by atoms with E-state index in [-0.39, 0.29) is 30.2 Å². The second-order valence-electron chi connectivity index (χ2n) is 14.3. The van der Waals surface area contributed by atoms with Crippen molar-refractivity contribution in [2.24, 2.45) is 23.7 Å². The quantitative estimate of drug-likeness (QED) is 0.147. The first-order valence-electron chi connectivity index (χ1n) is 17.4. The van der Waals surface area contributed by atoms with E-state index in [1.165, 1.54) is 19.2 Å². The Labute approximate surface area is 332 Å². The molecule has 16 heteroatoms. The van der Waals surface area contributed by atoms with Crippen molar-refractivity contribution in [1.82, 2.24) is 9.99 Å². The standard InChI is InChI=1S/C40H30Cl3F3N4O6/c1-18-3-9-23(15-28(18)42)49-35(52)25-11-10-24-26(32(25)37(49)54)16-27-36(53)50(48-34-29(43)14-21(17-47-34)40(44,45)46)38(55)39(27,20-5-7-22(41)8-6-20)33(24)19-4-12-31(56-2)30(51)13-19/h3-10,12-15,17,25-27,32-33,51H,11,16H2,1-2H3,(H,47,48)/t25-,26+,27-,32-,33-,39+/m0/s1. The molecule has 0 unspecified atom stereocenters. The Hall–Kier alpha value is -5.11. The number of phenols is 1. The van der Waals surface area contributed by atoms with Gasteiger partial charge < -0.3 is 9.84 Å². The van der Waals surface area contributed by atoms with Gasteiger partial charge in [0.1, 0.15) is 0 Å². The summed E-state index contributed by atoms with van der Waals surface area (Å²) in [5.74, 6) is -7.71. The number of phenolic OH excluding ortho intramolecular Hbond substituents is 1. The van der Waals surface area contributed by atoms with Crippen LogP contribution in [0.2, 0.25) is 15.1 Å². The summed E-state index contributed by atoms with van der Waals surface area (Å²) in [6, 6.07) is 16.5. The van der Waals surface area contributed by atoms with Gasteiger partial charge in [0.15, 0.2) is 17.3 Å². The van der Waals surface area contributed by atoms with E-state index >= 15 is 4.79 Å². The Morgan fingerprint density at radius 3 is 2.29 bits per heavy atom. The Bertz CT molecular complexity index is 2390. The van der Waals surface area contributed by atoms with E-state index in [0.717, 1.165) is 10.5 Å². The number of benzene rings is 3. The number of anilines is 2. The lowest BCUT2D eigenvalue weighted by molar-refractivity contribution is -0.139. The number of aromatic hydroxyl groups is 1. The van der Waals surface area contributed by atoms with Gasteiger partial charge in [-0.2, -0.15) is 18.2 Å². The van der Waals surface area contributed by atoms with Crippen LogP contribution >= 0.6 is 34.8 Å². The number of ether oxygens (including phenoxy) is 1. The molecule has 2 aliphatic carbocycles. The maximum Gasteiger partial charge on any atom is 0.417 e. The molecular weight excluding hydrogens is 796 g/mol. The SMILES string of the molecule is COc1ccc([C@H]2C3=CC[C@@H]4C(=O)N(c5ccc(C)c(Cl)c5)C(=O)[C@@H]4[C@@H]3C[C@H]3C(=O)N(Nc4ncc(C(F)(F)F)cc4Cl)C(=O)[C@@]23c2ccc(Cl)cc2)cc1O. The monoisotopic (exact) mass is 824 g/mol. The van der Waals surface area contributed by atoms with E-state index in [1.807, 2.05) is 6.08 Å². The topological polar surface area (TPSA) is 129 Å². The third-order valence-corrected chi connectivity index (χ3v) is 12.5. The van der Waals surface area contributed by atoms with Crippen molar-refractivity contribution < 1.29 is 42.2 Å². The van der Waals surface area contributed by atoms with Gasteiger partial charge in [-0.05, 0) is 84.8 Å². The van der Waals surface area contributed by atoms with Gasteiger partial charge in [0.25, 0.3) is 11.8 Å². The molecule has 8 rings (SSSR count). The number of aryl methyl sites for hydroxylation is 1. The number of allylic oxidation sites excluding steroid dienone is 2. The molecule has 3 fully saturated rings. The van der Waals surface area contributed by atoms with Crippen LogP contribution in [0.4, 0.5) is 24.7 Å². The Balaban J connectivity index is 1.31. The van der Waals surface area contributed by atoms with Crippen LogP contribution in [0.15, 0.2) is 84.6 Å². The number of pyridine rings is 1. The molecule has 3 aromatic carbocycles. The number of carbonyl (C=O) groups excluding carboxylic acids is 4. The lowest BCUT2D eigenvalue weighted by Crippen LogP contribution is -2.53. The number of alkyl halides is 3. The third-order valence-electron chi connectivity index (χ3n) is 11.5. The summed E-state index contributed by atoms with van der Waals surface area (Å²) in [6.45, 7) is 1.79. The van der Waals surface area contributed by atoms with Crippen molar-refractivity contribution in [1.29, 1.82) is 0 Å². The van der Waals surface area contributed by atoms with Crippen LogP contribution in [0.25, 0.3) is 0 Å². The molecule has 288 valence electrons. The number of rotatable bonds is 6. The molecule has 4 amide bonds. The number of nitrogens with one attached hydrogen (secondary N) is 1. The summed E-state index contributed by atoms with van der Waals surface area (Å²) >= 11 is 19.0. The maximum absolute atomic E-state index is 15.3. The highest BCUT2D eigenvalue weighted by Crippen LogP contribution is 2.64. The van der Waals surface area contributed by atoms with Crippen LogP contribution in [0.5, 0.6) is 11.5 Å². The number of aromatic nitrogens is 1. The summed E-state index contributed by atoms with van der Waals surface area (Å²) in [5, 5.41) is 12.0. The zero-order valence-corrected chi connectivity index (χ0v) is 31.7. The molecule has 2 aliphatic heterocycles. The molecule has 0 spiro atoms. The van der Waals surface area contributed by atoms with Crippen molar-refractivity contribution in [2.45, 2.75) is 37.3 Å². The fourth-order valence-corrected chi connectivity index (χ4v) is 9.53. The van der Waals surface area contributed by atoms with Gasteiger partial charge in [-0.15, -0.1) is 0 Å². The minimum absolute atomic E-state index is 0.0767. The molecule has 0 radical (unpaired) electrons. The smallest absolute Gasteiger partial charge is 0.417 e. The van der Waals surface area contributed by atoms with Gasteiger partial charge in [-0.25, -0.2) is 9.88 Å². The van der Waals surface area contributed by atoms with Crippen LogP contribution in [0.3, 0.4) is 0 Å². The summed E-state index contributed by atoms with van der Waals surface area (Å²) in [5.41, 5.74) is 2.10. The maximum atomic E-state index is 15.3. The van der Waals surface area contributed by atoms with Gasteiger partial charge in [-0.3, -0.25) is 24.6 Å². The predicted octanol–water partition coefficient (Wildman–Crippen LogP) is 8.27. The highest BCUT2D eigenvalue weighted by Gasteiger charge is 2.70. The number of imide groups is 2. The van der Waals surface area contributed by atoms with E-state index < -0.39 is 75.4 Å². The van der Waals surface area contributed by atoms with Gasteiger partial charge in [0, 0.05) is 22.2 Å². The number of nitrogens with zero attached hydrogens (tertiary/aromatic N) is 3. The summed E-state index contributed by atoms with van der Waals surface area (Å²) in [7, 11) is 1.37. The molecule has 6 atom stereocenters. The molecule has 4 aliphatic rings. The lowest BCUT2D eigenvalue weighted by Gasteiger charge is -2.50. The zero-order chi connectivity index (χ0) is 40.0. The van der Waals surface area contributed by atoms with E-state index in [2.05, 4.69) is 10.4 Å². The first kappa shape index (κ1) is 37.8. The van der Waals surface area contributed by atoms with Crippen LogP contribution in [0, 0.1) is 30.6 Å². The van der Waals surface area contributed by atoms with Crippen LogP contribution in [-0.4, -0.2) is 45.8 Å². The second kappa shape index (κ2) is 13.5. The number of hydrogen-bond donors (Lipinski definition) is 2. The first-order valence-corrected chi connectivity index (χ1v) is 18.6. The van der Waals surface area contributed by atoms with Crippen LogP contribution in [0.1, 0.15) is 41.0 Å². The molecule has 56 heavy (non-hydrogen) atoms. The fourth-order valence-electron chi connectivity index (χ4n) is 9.02. The van der Waals surface area contributed by atoms with Gasteiger partial charge in [0.2, 0.25) is 11.8 Å². The first-order chi connectivity index (χ1) is 26.6. The van der Waals surface area contributed by atoms with Gasteiger partial charge in [-0.1, -0.05) is 70.7 Å². The molecule has 1 aromatic heterocycles. The molecule has 4 aromatic rings. The average Bonchev–Trinajstić information content (AvgIpc) is 3.54. The molecule has 3 heterocycles. The Morgan fingerprint density at radius 1 is 0.911 bits per heavy atom. The average molecular weight is 826 g/mol. The zero-order valence-electron chi connectivity index (χ0n) is 29.4. The third kappa shape index (κ3) is 5.65. The minimum Gasteiger partial charge on any atom is -0.504 e. The number of halogens is 6. The Morgan fingerprint density at radius 2 is 1.64 bits per heavy atom. The number of hydrazine groups is 1. The fraction of sp³-hybridized carbons (Fsp3) is 0.275. The second-order valence-corrected chi connectivity index (χ2v) is 15.5. The molecule has 2 saturated heterocycles. The van der Waals surface area contributed by atoms with E-state index in [0.29, 0.717) is 49.7 Å². The number of hydrogen-bond acceptors (Lipinski definition) is 8. The number of carbonyl (C=O) groups is 4. The number of methoxy groups -OCH3 is 1. The molecule has 1 saturated carbocycles. The minimum atomic E-state index is -4.76. The molecule has 0 bridgehead atoms. The Kier molecular flexibility index (Phi) is 9.13. The number of amides is 4. The van der Waals surface area contributed by atoms with E-state index in [4.69, 9.17) is 39.5 Å². The van der Waals surface area contributed by atoms with Crippen molar-refractivity contribution in [2.75, 3.05) is 17.4 Å². The van der Waals surface area contributed by atoms with Crippen LogP contribution < -0.4 is 15.1 Å². The highest BCUT2D eigenvalue weighted by atomic mass is 35.5. The summed E-state index contributed by atoms with van der Waals surface area (Å²) < 4.78 is 45.8. The van der Waals surface area contributed by atoms with E-state index in [9.17, 15) is 32.7 Å². The summed E-state index contributed by atoms with van der Waals surface area (Å²) in [4.78, 5) is 63.7. The highest BCUT2D eigenvalue weighted by molar-refractivity contribution is 6.33. The van der Waals surface area contributed by atoms with Gasteiger partial charge in [0.05, 0.1) is 46.6 Å². The molecule has 2 N–H and O–H groups in total. The normalized spacial score (nSPS) is 25.9. The van der Waals surface area contributed by atoms with Crippen molar-refractivity contribution in [3.05, 3.63) is 122 Å². The van der Waals surface area contributed by atoms with E-state index in [1.54, 1.807) is 55.5 Å². The molecular formula is C40H30Cl3F3N4O6. The van der Waals surface area contributed by atoms with Crippen molar-refractivity contribution >= 4 is 69.9 Å².